The minimum absolute atomic E-state index is 0.406. The first-order chi connectivity index (χ1) is 12.2. The largest absolute Gasteiger partial charge is 0.307 e. The lowest BCUT2D eigenvalue weighted by Gasteiger charge is -2.31. The summed E-state index contributed by atoms with van der Waals surface area (Å²) in [6.45, 7) is 1.98. The van der Waals surface area contributed by atoms with E-state index < -0.39 is 0 Å². The van der Waals surface area contributed by atoms with Crippen LogP contribution in [-0.2, 0) is 20.1 Å². The van der Waals surface area contributed by atoms with E-state index in [4.69, 9.17) is 17.3 Å². The molecule has 0 aromatic carbocycles. The molecule has 2 aliphatic rings. The van der Waals surface area contributed by atoms with Gasteiger partial charge in [-0.1, -0.05) is 6.07 Å². The highest BCUT2D eigenvalue weighted by Crippen LogP contribution is 2.38. The summed E-state index contributed by atoms with van der Waals surface area (Å²) in [5.41, 5.74) is 1.50. The van der Waals surface area contributed by atoms with Gasteiger partial charge in [-0.2, -0.15) is 9.78 Å². The molecular formula is C18H21N4S3+. The smallest absolute Gasteiger partial charge is 0.202 e. The van der Waals surface area contributed by atoms with Gasteiger partial charge in [0, 0.05) is 29.8 Å². The molecule has 5 rings (SSSR count). The van der Waals surface area contributed by atoms with Crippen molar-refractivity contribution in [3.05, 3.63) is 54.9 Å². The predicted molar refractivity (Wildman–Crippen MR) is 104 cm³/mol. The highest BCUT2D eigenvalue weighted by atomic mass is 32.1. The van der Waals surface area contributed by atoms with Crippen molar-refractivity contribution in [2.24, 2.45) is 7.05 Å². The first kappa shape index (κ1) is 15.9. The second-order valence-electron chi connectivity index (χ2n) is 7.04. The monoisotopic (exact) mass is 389 g/mol. The zero-order valence-electron chi connectivity index (χ0n) is 14.1. The molecular weight excluding hydrogens is 368 g/mol. The molecule has 3 aromatic heterocycles. The van der Waals surface area contributed by atoms with Crippen molar-refractivity contribution in [1.82, 2.24) is 14.3 Å². The lowest BCUT2D eigenvalue weighted by atomic mass is 9.99. The first-order valence-corrected chi connectivity index (χ1v) is 11.0. The molecule has 1 N–H and O–H groups in total. The van der Waals surface area contributed by atoms with E-state index in [0.717, 1.165) is 24.4 Å². The van der Waals surface area contributed by atoms with Crippen molar-refractivity contribution in [3.63, 3.8) is 0 Å². The van der Waals surface area contributed by atoms with E-state index in [1.165, 1.54) is 29.1 Å². The lowest BCUT2D eigenvalue weighted by molar-refractivity contribution is -0.950. The van der Waals surface area contributed by atoms with E-state index in [1.54, 1.807) is 9.78 Å². The van der Waals surface area contributed by atoms with Crippen LogP contribution in [0, 0.1) is 4.77 Å². The van der Waals surface area contributed by atoms with Crippen LogP contribution in [0.2, 0.25) is 0 Å². The number of aromatic nitrogens is 3. The van der Waals surface area contributed by atoms with Crippen molar-refractivity contribution in [1.29, 1.82) is 0 Å². The molecule has 1 aliphatic carbocycles. The van der Waals surface area contributed by atoms with Crippen LogP contribution in [0.4, 0.5) is 0 Å². The third-order valence-corrected chi connectivity index (χ3v) is 7.79. The summed E-state index contributed by atoms with van der Waals surface area (Å²) in [5, 5.41) is 9.31. The fourth-order valence-electron chi connectivity index (χ4n) is 3.93. The zero-order valence-corrected chi connectivity index (χ0v) is 16.6. The van der Waals surface area contributed by atoms with Gasteiger partial charge in [0.2, 0.25) is 4.77 Å². The Balaban J connectivity index is 1.51. The second kappa shape index (κ2) is 6.16. The van der Waals surface area contributed by atoms with Gasteiger partial charge in [0.1, 0.15) is 5.82 Å². The molecule has 3 aromatic rings. The number of thiophene rings is 2. The van der Waals surface area contributed by atoms with E-state index in [9.17, 15) is 0 Å². The normalized spacial score (nSPS) is 22.9. The molecule has 0 amide bonds. The third-order valence-electron chi connectivity index (χ3n) is 5.37. The molecule has 1 saturated carbocycles. The molecule has 25 heavy (non-hydrogen) atoms. The van der Waals surface area contributed by atoms with Gasteiger partial charge < -0.3 is 9.47 Å². The Morgan fingerprint density at radius 1 is 1.28 bits per heavy atom. The molecule has 1 unspecified atom stereocenters. The van der Waals surface area contributed by atoms with E-state index in [2.05, 4.69) is 45.3 Å². The van der Waals surface area contributed by atoms with E-state index in [1.807, 2.05) is 22.7 Å². The van der Waals surface area contributed by atoms with E-state index >= 15 is 0 Å². The Labute approximate surface area is 160 Å². The van der Waals surface area contributed by atoms with E-state index in [-0.39, 0.29) is 0 Å². The lowest BCUT2D eigenvalue weighted by Crippen LogP contribution is -3.12. The molecule has 130 valence electrons. The van der Waals surface area contributed by atoms with Gasteiger partial charge in [-0.05, 0) is 48.0 Å². The summed E-state index contributed by atoms with van der Waals surface area (Å²) >= 11 is 9.45. The number of nitrogens with one attached hydrogen (secondary N) is 1. The van der Waals surface area contributed by atoms with Gasteiger partial charge in [-0.25, -0.2) is 0 Å². The summed E-state index contributed by atoms with van der Waals surface area (Å²) in [7, 11) is 2.07. The number of hydrogen-bond acceptors (Lipinski definition) is 4. The average Bonchev–Trinajstić information content (AvgIpc) is 3.02. The maximum atomic E-state index is 5.68. The van der Waals surface area contributed by atoms with Crippen molar-refractivity contribution in [3.8, 4) is 0 Å². The fraction of sp³-hybridized carbons (Fsp3) is 0.444. The second-order valence-corrected chi connectivity index (χ2v) is 9.38. The maximum absolute atomic E-state index is 5.68. The molecule has 0 spiro atoms. The number of hydrogen-bond donors (Lipinski definition) is 1. The third kappa shape index (κ3) is 2.73. The number of rotatable bonds is 4. The maximum Gasteiger partial charge on any atom is 0.202 e. The number of fused-ring (bicyclic) bond motifs is 1. The molecule has 1 aliphatic heterocycles. The summed E-state index contributed by atoms with van der Waals surface area (Å²) in [4.78, 5) is 4.54. The standard InChI is InChI=1S/C18H20N4S3/c1-20-17(12-4-5-12)19-22(18(20)23)11-21-8-6-14-13(7-10-25-14)16(21)15-3-2-9-24-15/h2-3,7,9-10,12,16H,4-6,8,11H2,1H3/p+1/t16-/m0/s1. The minimum atomic E-state index is 0.406. The Morgan fingerprint density at radius 2 is 2.16 bits per heavy atom. The quantitative estimate of drug-likeness (QED) is 0.694. The summed E-state index contributed by atoms with van der Waals surface area (Å²) in [5.74, 6) is 1.80. The van der Waals surface area contributed by atoms with Gasteiger partial charge in [0.25, 0.3) is 0 Å². The topological polar surface area (TPSA) is 27.2 Å². The van der Waals surface area contributed by atoms with Crippen LogP contribution < -0.4 is 4.90 Å². The van der Waals surface area contributed by atoms with Crippen LogP contribution in [0.3, 0.4) is 0 Å². The average molecular weight is 390 g/mol. The molecule has 4 nitrogen and oxygen atoms in total. The SMILES string of the molecule is Cn1c(C2CC2)nn(C[NH+]2CCc3sccc3[C@H]2c2cccs2)c1=S. The summed E-state index contributed by atoms with van der Waals surface area (Å²) in [6.07, 6.45) is 3.67. The van der Waals surface area contributed by atoms with Crippen molar-refractivity contribution in [2.75, 3.05) is 6.54 Å². The molecule has 1 fully saturated rings. The zero-order chi connectivity index (χ0) is 17.0. The van der Waals surface area contributed by atoms with Crippen molar-refractivity contribution >= 4 is 34.9 Å². The molecule has 4 heterocycles. The Kier molecular flexibility index (Phi) is 3.93. The molecule has 0 radical (unpaired) electrons. The minimum Gasteiger partial charge on any atom is -0.307 e. The van der Waals surface area contributed by atoms with Gasteiger partial charge in [0.15, 0.2) is 12.7 Å². The van der Waals surface area contributed by atoms with Crippen LogP contribution in [0.5, 0.6) is 0 Å². The molecule has 2 atom stereocenters. The van der Waals surface area contributed by atoms with Crippen LogP contribution in [0.15, 0.2) is 29.0 Å². The molecule has 0 bridgehead atoms. The molecule has 0 saturated heterocycles. The number of nitrogens with zero attached hydrogens (tertiary/aromatic N) is 3. The van der Waals surface area contributed by atoms with Crippen molar-refractivity contribution < 1.29 is 4.90 Å². The van der Waals surface area contributed by atoms with Crippen LogP contribution >= 0.6 is 34.9 Å². The van der Waals surface area contributed by atoms with Gasteiger partial charge in [-0.15, -0.1) is 22.7 Å². The van der Waals surface area contributed by atoms with Gasteiger partial charge in [-0.3, -0.25) is 0 Å². The van der Waals surface area contributed by atoms with Crippen LogP contribution in [0.1, 0.15) is 45.9 Å². The van der Waals surface area contributed by atoms with Crippen LogP contribution in [0.25, 0.3) is 0 Å². The van der Waals surface area contributed by atoms with Crippen molar-refractivity contribution in [2.45, 2.75) is 37.9 Å². The number of quaternary nitrogens is 1. The first-order valence-electron chi connectivity index (χ1n) is 8.80. The fourth-order valence-corrected chi connectivity index (χ4v) is 5.95. The Bertz CT molecular complexity index is 946. The summed E-state index contributed by atoms with van der Waals surface area (Å²) in [6, 6.07) is 7.16. The highest BCUT2D eigenvalue weighted by molar-refractivity contribution is 7.71. The summed E-state index contributed by atoms with van der Waals surface area (Å²) < 4.78 is 5.04. The predicted octanol–water partition coefficient (Wildman–Crippen LogP) is 3.14. The Morgan fingerprint density at radius 3 is 2.92 bits per heavy atom. The van der Waals surface area contributed by atoms with Crippen LogP contribution in [-0.4, -0.2) is 20.9 Å². The van der Waals surface area contributed by atoms with E-state index in [0.29, 0.717) is 12.0 Å². The highest BCUT2D eigenvalue weighted by Gasteiger charge is 2.35. The Hall–Kier alpha value is -1.28. The van der Waals surface area contributed by atoms with Gasteiger partial charge in [0.05, 0.1) is 11.4 Å². The molecule has 7 heteroatoms. The van der Waals surface area contributed by atoms with Gasteiger partial charge >= 0.3 is 0 Å².